The molecule has 10 N–H and O–H groups in total. The molecule has 0 radical (unpaired) electrons. The Bertz CT molecular complexity index is 1720. The van der Waals surface area contributed by atoms with Crippen molar-refractivity contribution in [2.75, 3.05) is 0 Å². The second-order valence-electron chi connectivity index (χ2n) is 10.3. The van der Waals surface area contributed by atoms with Gasteiger partial charge < -0.3 is 60.5 Å². The van der Waals surface area contributed by atoms with Gasteiger partial charge in [-0.05, 0) is 35.4 Å². The van der Waals surface area contributed by atoms with Crippen molar-refractivity contribution in [3.8, 4) is 57.5 Å². The lowest BCUT2D eigenvalue weighted by Gasteiger charge is -2.40. The van der Waals surface area contributed by atoms with Crippen LogP contribution < -0.4 is 9.47 Å². The summed E-state index contributed by atoms with van der Waals surface area (Å²) in [5.74, 6) is -5.08. The number of phenolic OH excluding ortho intramolecular Hbond substituents is 8. The molecule has 0 fully saturated rings. The Morgan fingerprint density at radius 3 is 1.76 bits per heavy atom. The van der Waals surface area contributed by atoms with Crippen LogP contribution in [0.25, 0.3) is 0 Å². The first kappa shape index (κ1) is 27.0. The highest BCUT2D eigenvalue weighted by atomic mass is 16.5. The van der Waals surface area contributed by atoms with Crippen molar-refractivity contribution in [2.45, 2.75) is 36.8 Å². The lowest BCUT2D eigenvalue weighted by Crippen LogP contribution is -2.36. The number of ether oxygens (including phenoxy) is 2. The Balaban J connectivity index is 1.55. The van der Waals surface area contributed by atoms with E-state index in [0.717, 1.165) is 12.1 Å². The van der Waals surface area contributed by atoms with Gasteiger partial charge in [0.05, 0.1) is 12.0 Å². The zero-order valence-electron chi connectivity index (χ0n) is 21.6. The van der Waals surface area contributed by atoms with Crippen molar-refractivity contribution in [1.82, 2.24) is 0 Å². The van der Waals surface area contributed by atoms with Crippen LogP contribution in [0, 0.1) is 0 Å². The molecule has 12 heteroatoms. The van der Waals surface area contributed by atoms with E-state index in [1.54, 1.807) is 0 Å². The largest absolute Gasteiger partial charge is 0.508 e. The van der Waals surface area contributed by atoms with E-state index < -0.39 is 70.6 Å². The molecule has 2 aliphatic heterocycles. The molecule has 4 aromatic rings. The number of hydrogen-bond donors (Lipinski definition) is 10. The molecule has 0 amide bonds. The monoisotopic (exact) mass is 578 g/mol. The highest BCUT2D eigenvalue weighted by Crippen LogP contribution is 2.57. The number of benzene rings is 4. The fourth-order valence-corrected chi connectivity index (χ4v) is 5.71. The summed E-state index contributed by atoms with van der Waals surface area (Å²) in [5, 5.41) is 105. The third-order valence-electron chi connectivity index (χ3n) is 7.67. The molecule has 0 saturated heterocycles. The maximum absolute atomic E-state index is 11.8. The van der Waals surface area contributed by atoms with E-state index >= 15 is 0 Å². The Morgan fingerprint density at radius 2 is 1.14 bits per heavy atom. The Hall–Kier alpha value is -5.20. The number of rotatable bonds is 3. The lowest BCUT2D eigenvalue weighted by atomic mass is 9.77. The predicted molar refractivity (Wildman–Crippen MR) is 143 cm³/mol. The standard InChI is InChI=1S/C30H26O12/c31-13-7-20(37)24-23(8-13)41-29(12-2-4-16(33)19(36)6-12)27(40)26(24)25-21(38)10-17(34)14-9-22(39)28(42-30(14)25)11-1-3-15(32)18(35)5-11/h1-8,10,22,26-29,31-40H,9H2/t22-,26+,27+,28+,29-/m0/s1. The Labute approximate surface area is 237 Å². The van der Waals surface area contributed by atoms with Gasteiger partial charge in [0, 0.05) is 41.3 Å². The van der Waals surface area contributed by atoms with Gasteiger partial charge in [0.1, 0.15) is 46.7 Å². The molecule has 0 aromatic heterocycles. The minimum absolute atomic E-state index is 0.0312. The Kier molecular flexibility index (Phi) is 6.24. The van der Waals surface area contributed by atoms with Crippen molar-refractivity contribution in [2.24, 2.45) is 0 Å². The van der Waals surface area contributed by atoms with Crippen LogP contribution >= 0.6 is 0 Å². The smallest absolute Gasteiger partial charge is 0.157 e. The highest BCUT2D eigenvalue weighted by molar-refractivity contribution is 5.65. The summed E-state index contributed by atoms with van der Waals surface area (Å²) in [6.45, 7) is 0. The summed E-state index contributed by atoms with van der Waals surface area (Å²) >= 11 is 0. The first-order chi connectivity index (χ1) is 19.9. The van der Waals surface area contributed by atoms with Crippen LogP contribution in [-0.4, -0.2) is 63.3 Å². The minimum atomic E-state index is -1.59. The average Bonchev–Trinajstić information content (AvgIpc) is 2.93. The zero-order valence-corrected chi connectivity index (χ0v) is 21.6. The van der Waals surface area contributed by atoms with E-state index in [1.807, 2.05) is 0 Å². The quantitative estimate of drug-likeness (QED) is 0.159. The molecule has 0 spiro atoms. The van der Waals surface area contributed by atoms with Crippen LogP contribution in [-0.2, 0) is 6.42 Å². The van der Waals surface area contributed by atoms with Crippen molar-refractivity contribution in [3.63, 3.8) is 0 Å². The van der Waals surface area contributed by atoms with Gasteiger partial charge in [-0.25, -0.2) is 0 Å². The summed E-state index contributed by atoms with van der Waals surface area (Å²) in [4.78, 5) is 0. The van der Waals surface area contributed by atoms with Crippen molar-refractivity contribution >= 4 is 0 Å². The molecule has 218 valence electrons. The first-order valence-electron chi connectivity index (χ1n) is 12.8. The van der Waals surface area contributed by atoms with E-state index in [9.17, 15) is 51.1 Å². The van der Waals surface area contributed by atoms with Crippen LogP contribution in [0.15, 0.2) is 54.6 Å². The van der Waals surface area contributed by atoms with E-state index in [-0.39, 0.29) is 51.5 Å². The fraction of sp³-hybridized carbons (Fsp3) is 0.200. The van der Waals surface area contributed by atoms with Gasteiger partial charge in [0.25, 0.3) is 0 Å². The topological polar surface area (TPSA) is 221 Å². The van der Waals surface area contributed by atoms with Gasteiger partial charge in [-0.1, -0.05) is 12.1 Å². The number of aliphatic hydroxyl groups is 2. The van der Waals surface area contributed by atoms with Crippen molar-refractivity contribution in [3.05, 3.63) is 82.4 Å². The predicted octanol–water partition coefficient (Wildman–Crippen LogP) is 3.00. The summed E-state index contributed by atoms with van der Waals surface area (Å²) in [6, 6.07) is 10.8. The van der Waals surface area contributed by atoms with Crippen LogP contribution in [0.1, 0.15) is 45.9 Å². The van der Waals surface area contributed by atoms with Crippen LogP contribution in [0.5, 0.6) is 57.5 Å². The van der Waals surface area contributed by atoms with Gasteiger partial charge in [0.15, 0.2) is 29.1 Å². The maximum Gasteiger partial charge on any atom is 0.157 e. The first-order valence-corrected chi connectivity index (χ1v) is 12.8. The minimum Gasteiger partial charge on any atom is -0.508 e. The third kappa shape index (κ3) is 4.24. The van der Waals surface area contributed by atoms with Crippen LogP contribution in [0.3, 0.4) is 0 Å². The second-order valence-corrected chi connectivity index (χ2v) is 10.3. The third-order valence-corrected chi connectivity index (χ3v) is 7.67. The molecular weight excluding hydrogens is 552 g/mol. The van der Waals surface area contributed by atoms with Crippen LogP contribution in [0.4, 0.5) is 0 Å². The molecule has 5 atom stereocenters. The molecule has 2 aliphatic rings. The zero-order chi connectivity index (χ0) is 30.0. The molecule has 2 heterocycles. The molecule has 0 aliphatic carbocycles. The van der Waals surface area contributed by atoms with Gasteiger partial charge in [-0.2, -0.15) is 0 Å². The number of hydrogen-bond acceptors (Lipinski definition) is 12. The van der Waals surface area contributed by atoms with Gasteiger partial charge >= 0.3 is 0 Å². The average molecular weight is 579 g/mol. The normalized spacial score (nSPS) is 22.9. The van der Waals surface area contributed by atoms with E-state index in [0.29, 0.717) is 0 Å². The number of aromatic hydroxyl groups is 8. The molecule has 4 aromatic carbocycles. The molecule has 0 saturated carbocycles. The van der Waals surface area contributed by atoms with E-state index in [4.69, 9.17) is 9.47 Å². The van der Waals surface area contributed by atoms with Crippen LogP contribution in [0.2, 0.25) is 0 Å². The maximum atomic E-state index is 11.8. The molecule has 0 unspecified atom stereocenters. The SMILES string of the molecule is Oc1cc(O)c2c(c1)O[C@@H](c1ccc(O)c(O)c1)[C@H](O)[C@H]2c1c(O)cc(O)c2c1O[C@H](c1ccc(O)c(O)c1)[C@@H](O)C2. The Morgan fingerprint density at radius 1 is 0.548 bits per heavy atom. The summed E-state index contributed by atoms with van der Waals surface area (Å²) < 4.78 is 12.1. The van der Waals surface area contributed by atoms with Gasteiger partial charge in [-0.15, -0.1) is 0 Å². The van der Waals surface area contributed by atoms with Crippen molar-refractivity contribution in [1.29, 1.82) is 0 Å². The second kappa shape index (κ2) is 9.72. The summed E-state index contributed by atoms with van der Waals surface area (Å²) in [7, 11) is 0. The number of phenols is 8. The molecule has 12 nitrogen and oxygen atoms in total. The van der Waals surface area contributed by atoms with Gasteiger partial charge in [-0.3, -0.25) is 0 Å². The van der Waals surface area contributed by atoms with Crippen molar-refractivity contribution < 1.29 is 60.5 Å². The van der Waals surface area contributed by atoms with E-state index in [2.05, 4.69) is 0 Å². The summed E-state index contributed by atoms with van der Waals surface area (Å²) in [5.41, 5.74) is 0.435. The molecular formula is C30H26O12. The van der Waals surface area contributed by atoms with Gasteiger partial charge in [0.2, 0.25) is 0 Å². The number of aliphatic hydroxyl groups excluding tert-OH is 2. The molecule has 42 heavy (non-hydrogen) atoms. The molecule has 0 bridgehead atoms. The highest BCUT2D eigenvalue weighted by Gasteiger charge is 2.46. The number of fused-ring (bicyclic) bond motifs is 2. The van der Waals surface area contributed by atoms with E-state index in [1.165, 1.54) is 42.5 Å². The summed E-state index contributed by atoms with van der Waals surface area (Å²) in [6.07, 6.45) is -5.43. The fourth-order valence-electron chi connectivity index (χ4n) is 5.71. The molecule has 6 rings (SSSR count). The lowest BCUT2D eigenvalue weighted by molar-refractivity contribution is 0.00115.